The lowest BCUT2D eigenvalue weighted by Gasteiger charge is -2.23. The molecule has 31 heavy (non-hydrogen) atoms. The molecule has 0 radical (unpaired) electrons. The normalized spacial score (nSPS) is 18.3. The van der Waals surface area contributed by atoms with Crippen LogP contribution in [0.3, 0.4) is 0 Å². The Balaban J connectivity index is 1.50. The van der Waals surface area contributed by atoms with Crippen molar-refractivity contribution in [2.24, 2.45) is 0 Å². The molecule has 1 aliphatic heterocycles. The number of urea groups is 1. The molecule has 2 N–H and O–H groups in total. The molecule has 0 spiro atoms. The first-order chi connectivity index (χ1) is 14.9. The number of likely N-dealkylation sites (N-methyl/N-ethyl adjacent to an activating group) is 1. The maximum Gasteiger partial charge on any atom is 0.320 e. The average molecular weight is 436 g/mol. The number of H-pyrrole nitrogens is 1. The third kappa shape index (κ3) is 5.82. The van der Waals surface area contributed by atoms with Crippen LogP contribution in [0.25, 0.3) is 0 Å². The number of aromatic nitrogens is 4. The number of unbranched alkanes of at least 4 members (excludes halogenated alkanes) is 1. The zero-order valence-electron chi connectivity index (χ0n) is 17.2. The van der Waals surface area contributed by atoms with Crippen molar-refractivity contribution in [1.82, 2.24) is 30.4 Å². The van der Waals surface area contributed by atoms with Gasteiger partial charge in [-0.25, -0.2) is 9.89 Å². The largest absolute Gasteiger partial charge is 0.382 e. The summed E-state index contributed by atoms with van der Waals surface area (Å²) in [4.78, 5) is 15.6. The number of hydrogen-bond donors (Lipinski definition) is 2. The van der Waals surface area contributed by atoms with Crippen molar-refractivity contribution in [1.29, 1.82) is 0 Å². The molecule has 0 bridgehead atoms. The molecule has 2 aromatic rings. The van der Waals surface area contributed by atoms with Gasteiger partial charge in [-0.15, -0.1) is 5.10 Å². The minimum absolute atomic E-state index is 0.174. The van der Waals surface area contributed by atoms with Gasteiger partial charge < -0.3 is 19.6 Å². The summed E-state index contributed by atoms with van der Waals surface area (Å²) >= 11 is 0. The van der Waals surface area contributed by atoms with Crippen LogP contribution in [0.1, 0.15) is 24.2 Å². The lowest BCUT2D eigenvalue weighted by molar-refractivity contribution is -0.0929. The second kappa shape index (κ2) is 10.4. The number of aliphatic hydroxyl groups excluding tert-OH is 1. The first-order valence-electron chi connectivity index (χ1n) is 10.0. The number of nitrogens with one attached hydrogen (secondary N) is 1. The van der Waals surface area contributed by atoms with Crippen molar-refractivity contribution in [2.45, 2.75) is 37.5 Å². The molecule has 1 aromatic carbocycles. The van der Waals surface area contributed by atoms with E-state index >= 15 is 0 Å². The van der Waals surface area contributed by atoms with Gasteiger partial charge in [-0.1, -0.05) is 42.5 Å². The second-order valence-corrected chi connectivity index (χ2v) is 7.35. The molecule has 168 valence electrons. The van der Waals surface area contributed by atoms with Gasteiger partial charge in [0.05, 0.1) is 6.04 Å². The van der Waals surface area contributed by atoms with Crippen LogP contribution in [-0.2, 0) is 17.3 Å². The van der Waals surface area contributed by atoms with Crippen LogP contribution in [0.2, 0.25) is 0 Å². The molecular formula is C20H26F2N6O3. The number of nitrogens with zero attached hydrogens (tertiary/aromatic N) is 5. The number of aliphatic hydroxyl groups is 1. The summed E-state index contributed by atoms with van der Waals surface area (Å²) in [6.45, 7) is 1.57. The molecule has 1 aromatic heterocycles. The van der Waals surface area contributed by atoms with Crippen molar-refractivity contribution >= 4 is 6.03 Å². The van der Waals surface area contributed by atoms with Gasteiger partial charge in [-0.3, -0.25) is 0 Å². The van der Waals surface area contributed by atoms with E-state index in [1.165, 1.54) is 35.2 Å². The fourth-order valence-corrected chi connectivity index (χ4v) is 3.33. The number of benzene rings is 1. The van der Waals surface area contributed by atoms with Crippen molar-refractivity contribution in [3.05, 3.63) is 53.9 Å². The van der Waals surface area contributed by atoms with Gasteiger partial charge in [0.15, 0.2) is 5.82 Å². The monoisotopic (exact) mass is 436 g/mol. The van der Waals surface area contributed by atoms with Crippen LogP contribution in [0.5, 0.6) is 0 Å². The molecule has 1 aliphatic rings. The second-order valence-electron chi connectivity index (χ2n) is 7.35. The zero-order valence-corrected chi connectivity index (χ0v) is 17.2. The zero-order chi connectivity index (χ0) is 22.3. The maximum atomic E-state index is 14.5. The number of halogens is 2. The molecule has 1 fully saturated rings. The quantitative estimate of drug-likeness (QED) is 0.412. The molecule has 11 heteroatoms. The molecule has 1 saturated heterocycles. The van der Waals surface area contributed by atoms with Crippen molar-refractivity contribution in [3.63, 3.8) is 0 Å². The van der Waals surface area contributed by atoms with E-state index in [4.69, 9.17) is 4.74 Å². The van der Waals surface area contributed by atoms with E-state index < -0.39 is 12.0 Å². The Morgan fingerprint density at radius 2 is 2.13 bits per heavy atom. The van der Waals surface area contributed by atoms with Crippen LogP contribution < -0.4 is 0 Å². The summed E-state index contributed by atoms with van der Waals surface area (Å²) in [6.07, 6.45) is 1.96. The highest BCUT2D eigenvalue weighted by Crippen LogP contribution is 2.32. The Morgan fingerprint density at radius 1 is 1.35 bits per heavy atom. The number of amides is 2. The van der Waals surface area contributed by atoms with E-state index in [2.05, 4.69) is 20.6 Å². The molecule has 2 heterocycles. The molecule has 1 unspecified atom stereocenters. The summed E-state index contributed by atoms with van der Waals surface area (Å²) in [5, 5.41) is 23.3. The Bertz CT molecular complexity index is 850. The van der Waals surface area contributed by atoms with Gasteiger partial charge in [0.2, 0.25) is 0 Å². The first-order valence-corrected chi connectivity index (χ1v) is 10.0. The van der Waals surface area contributed by atoms with E-state index in [0.29, 0.717) is 38.4 Å². The number of hydrogen-bond acceptors (Lipinski definition) is 6. The Kier molecular flexibility index (Phi) is 7.64. The highest BCUT2D eigenvalue weighted by atomic mass is 19.3. The highest BCUT2D eigenvalue weighted by molar-refractivity contribution is 5.77. The number of tetrazole rings is 1. The van der Waals surface area contributed by atoms with Gasteiger partial charge in [0.25, 0.3) is 0 Å². The number of carbonyl (C=O) groups is 1. The maximum absolute atomic E-state index is 14.5. The minimum Gasteiger partial charge on any atom is -0.382 e. The van der Waals surface area contributed by atoms with Gasteiger partial charge in [-0.05, 0) is 23.3 Å². The number of aromatic amines is 1. The standard InChI is InChI=1S/C20H26F2N6O3/c1-27-13-16(9-10-17(29)20(21,22)15-7-3-2-4-8-15)28(19(27)30)11-5-6-12-31-14-18-23-25-26-24-18/h2-4,7-10,16-17,29H,5-6,11-14H2,1H3,(H,23,24,25,26)/t16-,17?/m0/s1. The minimum atomic E-state index is -3.42. The molecule has 2 amide bonds. The average Bonchev–Trinajstić information content (AvgIpc) is 3.38. The number of carbonyl (C=O) groups excluding carboxylic acids is 1. The van der Waals surface area contributed by atoms with Crippen LogP contribution in [0, 0.1) is 0 Å². The SMILES string of the molecule is CN1C[C@H](C=CC(O)C(F)(F)c2ccccc2)N(CCCCOCc2nnn[nH]2)C1=O. The number of ether oxygens (including phenoxy) is 1. The number of alkyl halides is 2. The fraction of sp³-hybridized carbons (Fsp3) is 0.500. The lowest BCUT2D eigenvalue weighted by Crippen LogP contribution is -2.35. The summed E-state index contributed by atoms with van der Waals surface area (Å²) in [5.74, 6) is -2.89. The fourth-order valence-electron chi connectivity index (χ4n) is 3.33. The molecular weight excluding hydrogens is 410 g/mol. The smallest absolute Gasteiger partial charge is 0.320 e. The molecule has 3 rings (SSSR count). The Hall–Kier alpha value is -2.92. The first kappa shape index (κ1) is 22.8. The van der Waals surface area contributed by atoms with Gasteiger partial charge in [0, 0.05) is 32.3 Å². The molecule has 2 atom stereocenters. The van der Waals surface area contributed by atoms with Crippen molar-refractivity contribution in [2.75, 3.05) is 26.7 Å². The van der Waals surface area contributed by atoms with Crippen LogP contribution >= 0.6 is 0 Å². The van der Waals surface area contributed by atoms with E-state index in [1.54, 1.807) is 18.0 Å². The van der Waals surface area contributed by atoms with E-state index in [0.717, 1.165) is 6.08 Å². The van der Waals surface area contributed by atoms with Gasteiger partial charge in [0.1, 0.15) is 12.7 Å². The molecule has 0 aliphatic carbocycles. The van der Waals surface area contributed by atoms with Crippen LogP contribution in [0.15, 0.2) is 42.5 Å². The van der Waals surface area contributed by atoms with Crippen molar-refractivity contribution in [3.8, 4) is 0 Å². The highest BCUT2D eigenvalue weighted by Gasteiger charge is 2.39. The van der Waals surface area contributed by atoms with Crippen molar-refractivity contribution < 1.29 is 23.4 Å². The van der Waals surface area contributed by atoms with E-state index in [1.807, 2.05) is 0 Å². The van der Waals surface area contributed by atoms with E-state index in [9.17, 15) is 18.7 Å². The third-order valence-electron chi connectivity index (χ3n) is 5.04. The van der Waals surface area contributed by atoms with Crippen LogP contribution in [-0.4, -0.2) is 80.5 Å². The lowest BCUT2D eigenvalue weighted by atomic mass is 10.0. The Labute approximate surface area is 178 Å². The predicted molar refractivity (Wildman–Crippen MR) is 107 cm³/mol. The number of rotatable bonds is 11. The van der Waals surface area contributed by atoms with Gasteiger partial charge in [-0.2, -0.15) is 8.78 Å². The third-order valence-corrected chi connectivity index (χ3v) is 5.04. The van der Waals surface area contributed by atoms with E-state index in [-0.39, 0.29) is 24.2 Å². The summed E-state index contributed by atoms with van der Waals surface area (Å²) in [5.41, 5.74) is -0.260. The van der Waals surface area contributed by atoms with Gasteiger partial charge >= 0.3 is 12.0 Å². The molecule has 0 saturated carbocycles. The predicted octanol–water partition coefficient (Wildman–Crippen LogP) is 1.94. The summed E-state index contributed by atoms with van der Waals surface area (Å²) in [6, 6.07) is 6.62. The topological polar surface area (TPSA) is 107 Å². The summed E-state index contributed by atoms with van der Waals surface area (Å²) < 4.78 is 34.4. The van der Waals surface area contributed by atoms with Crippen LogP contribution in [0.4, 0.5) is 13.6 Å². The summed E-state index contributed by atoms with van der Waals surface area (Å²) in [7, 11) is 1.66. The Morgan fingerprint density at radius 3 is 2.84 bits per heavy atom. The molecule has 9 nitrogen and oxygen atoms in total.